The molecule has 0 aliphatic carbocycles. The van der Waals surface area contributed by atoms with Crippen LogP contribution in [0.5, 0.6) is 0 Å². The Morgan fingerprint density at radius 1 is 0.393 bits per heavy atom. The van der Waals surface area contributed by atoms with E-state index in [1.54, 1.807) is 24.3 Å². The van der Waals surface area contributed by atoms with Crippen LogP contribution >= 0.6 is 0 Å². The number of fused-ring (bicyclic) bond motifs is 13. The van der Waals surface area contributed by atoms with Crippen molar-refractivity contribution in [3.05, 3.63) is 228 Å². The van der Waals surface area contributed by atoms with E-state index >= 15 is 8.42 Å². The van der Waals surface area contributed by atoms with E-state index in [-0.39, 0.29) is 31.5 Å². The highest BCUT2D eigenvalue weighted by molar-refractivity contribution is 7.91. The van der Waals surface area contributed by atoms with Crippen molar-refractivity contribution in [1.82, 2.24) is 18.3 Å². The van der Waals surface area contributed by atoms with Crippen LogP contribution < -0.4 is 0 Å². The lowest BCUT2D eigenvalue weighted by atomic mass is 9.68. The molecule has 6 heterocycles. The van der Waals surface area contributed by atoms with Gasteiger partial charge in [-0.25, -0.2) is 8.42 Å². The maximum Gasteiger partial charge on any atom is 0.206 e. The first-order valence-corrected chi connectivity index (χ1v) is 30.7. The summed E-state index contributed by atoms with van der Waals surface area (Å²) in [5.74, 6) is 0. The molecule has 0 spiro atoms. The summed E-state index contributed by atoms with van der Waals surface area (Å²) in [5.41, 5.74) is 16.7. The van der Waals surface area contributed by atoms with Crippen molar-refractivity contribution >= 4 is 97.1 Å². The molecule has 8 heteroatoms. The maximum absolute atomic E-state index is 15.7. The third kappa shape index (κ3) is 7.57. The van der Waals surface area contributed by atoms with Crippen LogP contribution in [0.1, 0.15) is 103 Å². The number of nitriles is 1. The summed E-state index contributed by atoms with van der Waals surface area (Å²) in [6, 6.07) is 72.8. The molecule has 412 valence electrons. The normalized spacial score (nSPS) is 14.5. The second-order valence-corrected chi connectivity index (χ2v) is 28.9. The smallest absolute Gasteiger partial charge is 0.206 e. The molecule has 0 saturated heterocycles. The highest BCUT2D eigenvalue weighted by atomic mass is 32.2. The van der Waals surface area contributed by atoms with Crippen molar-refractivity contribution in [2.45, 2.75) is 107 Å². The Hall–Kier alpha value is -9.16. The van der Waals surface area contributed by atoms with Gasteiger partial charge in [0, 0.05) is 65.8 Å². The van der Waals surface area contributed by atoms with Gasteiger partial charge < -0.3 is 18.3 Å². The molecule has 2 aliphatic heterocycles. The van der Waals surface area contributed by atoms with Crippen LogP contribution in [0.4, 0.5) is 0 Å². The quantitative estimate of drug-likeness (QED) is 0.172. The molecule has 0 amide bonds. The maximum atomic E-state index is 15.7. The minimum atomic E-state index is -4.21. The minimum absolute atomic E-state index is 0.0216. The lowest BCUT2D eigenvalue weighted by Crippen LogP contribution is -2.29. The Morgan fingerprint density at radius 3 is 1.36 bits per heavy atom. The summed E-state index contributed by atoms with van der Waals surface area (Å²) >= 11 is 0. The van der Waals surface area contributed by atoms with Gasteiger partial charge in [0.05, 0.1) is 65.6 Å². The molecule has 0 N–H and O–H groups in total. The molecule has 16 rings (SSSR count). The van der Waals surface area contributed by atoms with E-state index in [1.807, 2.05) is 12.1 Å². The standard InChI is InChI=1S/C76H65N5O2S/c1-73(2,3)47-21-27-51(28-22-47)80-63-17-13-11-15-57(63)59-33-37-67-69(71(59)80)61-39-49(74(4,5)6)25-35-65(61)78(67)53-41-54(43-56(42-53)84(82,83)55-31-19-46(44-77)20-32-55)79-66-36-26-50-40-62(66)70-68(79)38-34-60-58-16-12-14-18-64(58)81(72(60)70)52-29-23-48(24-30-52)75(7,8)45-76(50,9)10/h11-43H,45H2,1-10H3. The van der Waals surface area contributed by atoms with Gasteiger partial charge in [0.2, 0.25) is 9.84 Å². The van der Waals surface area contributed by atoms with E-state index < -0.39 is 9.84 Å². The number of sulfone groups is 1. The number of nitrogens with zero attached hydrogens (tertiary/aromatic N) is 5. The SMILES string of the molecule is CC(C)(C)c1ccc(-n2c3ccccc3c3ccc4c(c5cc(C(C)(C)C)ccc5n4-c4cc(-n5c6ccc7cc6c6c5ccc5c8ccccc8n(c56)-c5ccc(cc5)C(C)(C)CC7(C)C)cc(S(=O)(=O)c5ccc(C#N)cc5)c4)c32)cc1. The van der Waals surface area contributed by atoms with Crippen LogP contribution in [0.2, 0.25) is 0 Å². The lowest BCUT2D eigenvalue weighted by molar-refractivity contribution is 0.349. The van der Waals surface area contributed by atoms with E-state index in [0.29, 0.717) is 16.9 Å². The van der Waals surface area contributed by atoms with Gasteiger partial charge in [-0.2, -0.15) is 5.26 Å². The fourth-order valence-corrected chi connectivity index (χ4v) is 15.7. The molecule has 4 bridgehead atoms. The fraction of sp³-hybridized carbons (Fsp3) is 0.197. The third-order valence-corrected chi connectivity index (χ3v) is 20.3. The Bertz CT molecular complexity index is 5290. The van der Waals surface area contributed by atoms with Gasteiger partial charge in [0.25, 0.3) is 0 Å². The number of hydrogen-bond donors (Lipinski definition) is 0. The molecular formula is C76H65N5O2S. The number of aromatic nitrogens is 4. The average Bonchev–Trinajstić information content (AvgIpc) is 1.65. The third-order valence-electron chi connectivity index (χ3n) is 18.6. The number of para-hydroxylation sites is 2. The molecule has 0 unspecified atom stereocenters. The van der Waals surface area contributed by atoms with Crippen molar-refractivity contribution in [2.75, 3.05) is 0 Å². The summed E-state index contributed by atoms with van der Waals surface area (Å²) in [7, 11) is -4.21. The summed E-state index contributed by atoms with van der Waals surface area (Å²) in [6.45, 7) is 23.0. The molecular weight excluding hydrogens is 1050 g/mol. The second-order valence-electron chi connectivity index (χ2n) is 26.9. The molecule has 0 fully saturated rings. The monoisotopic (exact) mass is 1110 g/mol. The van der Waals surface area contributed by atoms with Crippen LogP contribution in [0, 0.1) is 11.3 Å². The van der Waals surface area contributed by atoms with Crippen molar-refractivity contribution in [3.8, 4) is 28.8 Å². The van der Waals surface area contributed by atoms with Gasteiger partial charge in [-0.3, -0.25) is 0 Å². The van der Waals surface area contributed by atoms with E-state index in [0.717, 1.165) is 105 Å². The van der Waals surface area contributed by atoms with Gasteiger partial charge in [0.15, 0.2) is 0 Å². The van der Waals surface area contributed by atoms with Crippen molar-refractivity contribution in [2.24, 2.45) is 0 Å². The topological polar surface area (TPSA) is 77.7 Å². The van der Waals surface area contributed by atoms with Crippen molar-refractivity contribution in [1.29, 1.82) is 5.26 Å². The van der Waals surface area contributed by atoms with E-state index in [4.69, 9.17) is 0 Å². The molecule has 14 aromatic rings. The number of hydrogen-bond acceptors (Lipinski definition) is 3. The van der Waals surface area contributed by atoms with Crippen LogP contribution in [-0.2, 0) is 31.5 Å². The largest absolute Gasteiger partial charge is 0.309 e. The summed E-state index contributed by atoms with van der Waals surface area (Å²) in [6.07, 6.45) is 0.916. The highest BCUT2D eigenvalue weighted by Crippen LogP contribution is 2.48. The first kappa shape index (κ1) is 51.7. The molecule has 0 radical (unpaired) electrons. The lowest BCUT2D eigenvalue weighted by Gasteiger charge is -2.36. The molecule has 4 aromatic heterocycles. The Balaban J connectivity index is 1.09. The van der Waals surface area contributed by atoms with Gasteiger partial charge >= 0.3 is 0 Å². The fourth-order valence-electron chi connectivity index (χ4n) is 14.4. The number of rotatable bonds is 5. The van der Waals surface area contributed by atoms with Gasteiger partial charge in [-0.1, -0.05) is 154 Å². The molecule has 2 aliphatic rings. The zero-order valence-electron chi connectivity index (χ0n) is 49.2. The number of benzene rings is 10. The van der Waals surface area contributed by atoms with Crippen LogP contribution in [-0.4, -0.2) is 26.7 Å². The van der Waals surface area contributed by atoms with E-state index in [1.165, 1.54) is 22.3 Å². The van der Waals surface area contributed by atoms with E-state index in [2.05, 4.69) is 257 Å². The van der Waals surface area contributed by atoms with Gasteiger partial charge in [-0.15, -0.1) is 0 Å². The van der Waals surface area contributed by atoms with Crippen LogP contribution in [0.15, 0.2) is 210 Å². The summed E-state index contributed by atoms with van der Waals surface area (Å²) < 4.78 is 40.8. The Kier molecular flexibility index (Phi) is 10.9. The van der Waals surface area contributed by atoms with Crippen LogP contribution in [0.25, 0.3) is 110 Å². The zero-order chi connectivity index (χ0) is 58.1. The van der Waals surface area contributed by atoms with Crippen molar-refractivity contribution < 1.29 is 8.42 Å². The summed E-state index contributed by atoms with van der Waals surface area (Å²) in [5, 5.41) is 18.8. The van der Waals surface area contributed by atoms with Crippen LogP contribution in [0.3, 0.4) is 0 Å². The predicted octanol–water partition coefficient (Wildman–Crippen LogP) is 19.3. The zero-order valence-corrected chi connectivity index (χ0v) is 50.0. The van der Waals surface area contributed by atoms with E-state index in [9.17, 15) is 5.26 Å². The molecule has 84 heavy (non-hydrogen) atoms. The molecule has 0 atom stereocenters. The first-order valence-electron chi connectivity index (χ1n) is 29.3. The molecule has 7 nitrogen and oxygen atoms in total. The Morgan fingerprint density at radius 2 is 0.833 bits per heavy atom. The average molecular weight is 1110 g/mol. The first-order chi connectivity index (χ1) is 40.1. The molecule has 0 saturated carbocycles. The highest BCUT2D eigenvalue weighted by Gasteiger charge is 2.34. The second kappa shape index (κ2) is 17.7. The summed E-state index contributed by atoms with van der Waals surface area (Å²) in [4.78, 5) is 0.253. The molecule has 10 aromatic carbocycles. The minimum Gasteiger partial charge on any atom is -0.309 e. The Labute approximate surface area is 490 Å². The van der Waals surface area contributed by atoms with Gasteiger partial charge in [0.1, 0.15) is 0 Å². The predicted molar refractivity (Wildman–Crippen MR) is 348 cm³/mol. The van der Waals surface area contributed by atoms with Gasteiger partial charge in [-0.05, 0) is 166 Å². The van der Waals surface area contributed by atoms with Crippen molar-refractivity contribution in [3.63, 3.8) is 0 Å².